The molecule has 2 aliphatic rings. The minimum absolute atomic E-state index is 0.00296. The summed E-state index contributed by atoms with van der Waals surface area (Å²) >= 11 is 0. The third-order valence-electron chi connectivity index (χ3n) is 4.89. The van der Waals surface area contributed by atoms with E-state index in [1.807, 2.05) is 31.3 Å². The van der Waals surface area contributed by atoms with E-state index in [1.165, 1.54) is 12.8 Å². The number of amides is 2. The molecular weight excluding hydrogens is 292 g/mol. The highest BCUT2D eigenvalue weighted by atomic mass is 16.5. The standard InChI is InChI=1S/C18H24N2O3/c1-13(14-5-6-14)19(2)18(22)12-23-16-9-7-15(8-10-16)20-11-3-4-17(20)21/h7-10,13-14H,3-6,11-12H2,1-2H3. The highest BCUT2D eigenvalue weighted by Crippen LogP contribution is 2.34. The molecule has 1 saturated heterocycles. The summed E-state index contributed by atoms with van der Waals surface area (Å²) in [5.41, 5.74) is 0.894. The number of carbonyl (C=O) groups is 2. The Morgan fingerprint density at radius 2 is 2.04 bits per heavy atom. The zero-order chi connectivity index (χ0) is 16.4. The van der Waals surface area contributed by atoms with Crippen molar-refractivity contribution in [1.29, 1.82) is 0 Å². The van der Waals surface area contributed by atoms with Crippen LogP contribution in [0.3, 0.4) is 0 Å². The summed E-state index contributed by atoms with van der Waals surface area (Å²) in [6.45, 7) is 2.92. The van der Waals surface area contributed by atoms with Gasteiger partial charge in [0.2, 0.25) is 5.91 Å². The van der Waals surface area contributed by atoms with Crippen LogP contribution in [0.4, 0.5) is 5.69 Å². The van der Waals surface area contributed by atoms with Crippen molar-refractivity contribution in [3.8, 4) is 5.75 Å². The van der Waals surface area contributed by atoms with Gasteiger partial charge in [-0.15, -0.1) is 0 Å². The molecule has 0 radical (unpaired) electrons. The van der Waals surface area contributed by atoms with Gasteiger partial charge in [-0.1, -0.05) is 0 Å². The Morgan fingerprint density at radius 1 is 1.35 bits per heavy atom. The predicted molar refractivity (Wildman–Crippen MR) is 88.5 cm³/mol. The second-order valence-corrected chi connectivity index (χ2v) is 6.51. The highest BCUT2D eigenvalue weighted by Gasteiger charge is 2.32. The molecule has 0 N–H and O–H groups in total. The predicted octanol–water partition coefficient (Wildman–Crippen LogP) is 2.45. The number of anilines is 1. The average Bonchev–Trinajstić information content (AvgIpc) is 3.33. The van der Waals surface area contributed by atoms with Crippen LogP contribution in [0.15, 0.2) is 24.3 Å². The molecule has 5 nitrogen and oxygen atoms in total. The Labute approximate surface area is 137 Å². The summed E-state index contributed by atoms with van der Waals surface area (Å²) in [6.07, 6.45) is 3.97. The zero-order valence-corrected chi connectivity index (χ0v) is 13.8. The molecule has 1 heterocycles. The zero-order valence-electron chi connectivity index (χ0n) is 13.8. The number of carbonyl (C=O) groups excluding carboxylic acids is 2. The molecular formula is C18H24N2O3. The first-order chi connectivity index (χ1) is 11.1. The minimum atomic E-state index is 0.00296. The molecule has 124 valence electrons. The third kappa shape index (κ3) is 3.66. The molecule has 1 saturated carbocycles. The summed E-state index contributed by atoms with van der Waals surface area (Å²) in [5.74, 6) is 1.48. The Morgan fingerprint density at radius 3 is 2.61 bits per heavy atom. The van der Waals surface area contributed by atoms with Gasteiger partial charge in [0.15, 0.2) is 6.61 Å². The minimum Gasteiger partial charge on any atom is -0.484 e. The van der Waals surface area contributed by atoms with E-state index in [4.69, 9.17) is 4.74 Å². The topological polar surface area (TPSA) is 49.9 Å². The van der Waals surface area contributed by atoms with E-state index in [0.29, 0.717) is 18.1 Å². The molecule has 2 amide bonds. The van der Waals surface area contributed by atoms with Crippen molar-refractivity contribution in [3.05, 3.63) is 24.3 Å². The van der Waals surface area contributed by atoms with Crippen molar-refractivity contribution in [1.82, 2.24) is 4.90 Å². The monoisotopic (exact) mass is 316 g/mol. The second kappa shape index (κ2) is 6.60. The molecule has 5 heteroatoms. The Hall–Kier alpha value is -2.04. The van der Waals surface area contributed by atoms with Crippen molar-refractivity contribution in [3.63, 3.8) is 0 Å². The molecule has 1 atom stereocenters. The molecule has 23 heavy (non-hydrogen) atoms. The van der Waals surface area contributed by atoms with Crippen molar-refractivity contribution in [2.75, 3.05) is 25.1 Å². The smallest absolute Gasteiger partial charge is 0.260 e. The molecule has 1 aromatic rings. The van der Waals surface area contributed by atoms with Crippen LogP contribution in [0.2, 0.25) is 0 Å². The van der Waals surface area contributed by atoms with Gasteiger partial charge in [-0.05, 0) is 56.4 Å². The van der Waals surface area contributed by atoms with E-state index in [0.717, 1.165) is 18.7 Å². The number of hydrogen-bond acceptors (Lipinski definition) is 3. The van der Waals surface area contributed by atoms with Crippen LogP contribution >= 0.6 is 0 Å². The van der Waals surface area contributed by atoms with E-state index in [9.17, 15) is 9.59 Å². The van der Waals surface area contributed by atoms with E-state index in [2.05, 4.69) is 6.92 Å². The summed E-state index contributed by atoms with van der Waals surface area (Å²) < 4.78 is 5.59. The largest absolute Gasteiger partial charge is 0.484 e. The van der Waals surface area contributed by atoms with Gasteiger partial charge in [0, 0.05) is 31.7 Å². The maximum absolute atomic E-state index is 12.2. The van der Waals surface area contributed by atoms with Crippen LogP contribution in [0.5, 0.6) is 5.75 Å². The summed E-state index contributed by atoms with van der Waals surface area (Å²) in [4.78, 5) is 27.5. The van der Waals surface area contributed by atoms with Crippen molar-refractivity contribution in [2.24, 2.45) is 5.92 Å². The van der Waals surface area contributed by atoms with Crippen LogP contribution in [-0.2, 0) is 9.59 Å². The molecule has 0 bridgehead atoms. The fourth-order valence-corrected chi connectivity index (χ4v) is 3.01. The van der Waals surface area contributed by atoms with Crippen molar-refractivity contribution < 1.29 is 14.3 Å². The molecule has 2 fully saturated rings. The van der Waals surface area contributed by atoms with Crippen LogP contribution < -0.4 is 9.64 Å². The molecule has 1 aliphatic carbocycles. The number of likely N-dealkylation sites (N-methyl/N-ethyl adjacent to an activating group) is 1. The first-order valence-electron chi connectivity index (χ1n) is 8.35. The quantitative estimate of drug-likeness (QED) is 0.810. The number of nitrogens with zero attached hydrogens (tertiary/aromatic N) is 2. The van der Waals surface area contributed by atoms with Crippen LogP contribution in [-0.4, -0.2) is 43.0 Å². The molecule has 1 aromatic carbocycles. The van der Waals surface area contributed by atoms with Gasteiger partial charge in [0.1, 0.15) is 5.75 Å². The summed E-state index contributed by atoms with van der Waals surface area (Å²) in [7, 11) is 1.84. The molecule has 0 aromatic heterocycles. The summed E-state index contributed by atoms with van der Waals surface area (Å²) in [6, 6.07) is 7.67. The number of benzene rings is 1. The van der Waals surface area contributed by atoms with Gasteiger partial charge in [-0.3, -0.25) is 9.59 Å². The SMILES string of the molecule is CC(C1CC1)N(C)C(=O)COc1ccc(N2CCCC2=O)cc1. The number of rotatable bonds is 6. The number of ether oxygens (including phenoxy) is 1. The van der Waals surface area contributed by atoms with Gasteiger partial charge < -0.3 is 14.5 Å². The second-order valence-electron chi connectivity index (χ2n) is 6.51. The normalized spacial score (nSPS) is 18.9. The fourth-order valence-electron chi connectivity index (χ4n) is 3.01. The lowest BCUT2D eigenvalue weighted by molar-refractivity contribution is -0.134. The summed E-state index contributed by atoms with van der Waals surface area (Å²) in [5, 5.41) is 0. The number of hydrogen-bond donors (Lipinski definition) is 0. The van der Waals surface area contributed by atoms with Gasteiger partial charge in [0.25, 0.3) is 5.91 Å². The average molecular weight is 316 g/mol. The first-order valence-corrected chi connectivity index (χ1v) is 8.35. The molecule has 1 unspecified atom stereocenters. The van der Waals surface area contributed by atoms with Crippen molar-refractivity contribution >= 4 is 17.5 Å². The maximum atomic E-state index is 12.2. The Kier molecular flexibility index (Phi) is 4.55. The van der Waals surface area contributed by atoms with E-state index in [-0.39, 0.29) is 24.5 Å². The lowest BCUT2D eigenvalue weighted by Gasteiger charge is -2.24. The van der Waals surface area contributed by atoms with E-state index >= 15 is 0 Å². The van der Waals surface area contributed by atoms with E-state index < -0.39 is 0 Å². The van der Waals surface area contributed by atoms with Gasteiger partial charge >= 0.3 is 0 Å². The first kappa shape index (κ1) is 15.8. The van der Waals surface area contributed by atoms with E-state index in [1.54, 1.807) is 9.80 Å². The molecule has 3 rings (SSSR count). The van der Waals surface area contributed by atoms with Gasteiger partial charge in [0.05, 0.1) is 0 Å². The molecule has 1 aliphatic heterocycles. The lowest BCUT2D eigenvalue weighted by atomic mass is 10.2. The molecule has 0 spiro atoms. The van der Waals surface area contributed by atoms with Gasteiger partial charge in [-0.25, -0.2) is 0 Å². The van der Waals surface area contributed by atoms with Crippen LogP contribution in [0, 0.1) is 5.92 Å². The fraction of sp³-hybridized carbons (Fsp3) is 0.556. The Balaban J connectivity index is 1.52. The highest BCUT2D eigenvalue weighted by molar-refractivity contribution is 5.95. The van der Waals surface area contributed by atoms with Crippen LogP contribution in [0.1, 0.15) is 32.6 Å². The van der Waals surface area contributed by atoms with Crippen molar-refractivity contribution in [2.45, 2.75) is 38.6 Å². The third-order valence-corrected chi connectivity index (χ3v) is 4.89. The maximum Gasteiger partial charge on any atom is 0.260 e. The Bertz CT molecular complexity index is 580. The lowest BCUT2D eigenvalue weighted by Crippen LogP contribution is -2.39. The van der Waals surface area contributed by atoms with Crippen LogP contribution in [0.25, 0.3) is 0 Å². The van der Waals surface area contributed by atoms with Gasteiger partial charge in [-0.2, -0.15) is 0 Å².